The zero-order valence-electron chi connectivity index (χ0n) is 25.6. The fraction of sp³-hybridized carbons (Fsp3) is 0.250. The van der Waals surface area contributed by atoms with Crippen LogP contribution in [0.25, 0.3) is 0 Å². The molecule has 0 amide bonds. The molecule has 44 heavy (non-hydrogen) atoms. The van der Waals surface area contributed by atoms with Crippen LogP contribution in [0.1, 0.15) is 22.3 Å². The molecule has 3 heterocycles. The van der Waals surface area contributed by atoms with Gasteiger partial charge < -0.3 is 20.3 Å². The Balaban J connectivity index is 1.48. The van der Waals surface area contributed by atoms with Crippen molar-refractivity contribution in [2.75, 3.05) is 46.5 Å². The summed E-state index contributed by atoms with van der Waals surface area (Å²) in [5.41, 5.74) is 8.87. The zero-order chi connectivity index (χ0) is 30.4. The van der Waals surface area contributed by atoms with E-state index in [2.05, 4.69) is 154 Å². The average Bonchev–Trinajstić information content (AvgIpc) is 3.91. The Bertz CT molecular complexity index is 1710. The Labute approximate surface area is 261 Å². The zero-order valence-corrected chi connectivity index (χ0v) is 28.3. The molecule has 2 atom stereocenters. The van der Waals surface area contributed by atoms with Crippen molar-refractivity contribution >= 4 is 45.3 Å². The summed E-state index contributed by atoms with van der Waals surface area (Å²) in [6.07, 6.45) is 0. The van der Waals surface area contributed by atoms with E-state index in [1.807, 2.05) is 0 Å². The molecule has 12 heteroatoms. The van der Waals surface area contributed by atoms with Gasteiger partial charge in [-0.15, -0.1) is 0 Å². The van der Waals surface area contributed by atoms with Crippen molar-refractivity contribution in [1.29, 1.82) is 0 Å². The molecule has 228 valence electrons. The quantitative estimate of drug-likeness (QED) is 0.102. The van der Waals surface area contributed by atoms with Crippen LogP contribution in [0, 0.1) is 27.7 Å². The minimum absolute atomic E-state index is 0.944. The van der Waals surface area contributed by atoms with Gasteiger partial charge in [0, 0.05) is 48.9 Å². The van der Waals surface area contributed by atoms with Crippen molar-refractivity contribution in [3.8, 4) is 0 Å². The van der Waals surface area contributed by atoms with E-state index in [1.165, 1.54) is 22.3 Å². The van der Waals surface area contributed by atoms with Gasteiger partial charge in [-0.1, -0.05) is 70.8 Å². The van der Waals surface area contributed by atoms with Gasteiger partial charge >= 0.3 is 0 Å². The molecule has 4 aromatic rings. The lowest BCUT2D eigenvalue weighted by Gasteiger charge is -2.38. The number of hydrogen-bond acceptors (Lipinski definition) is 9. The largest absolute Gasteiger partial charge is 0.323 e. The maximum atomic E-state index is 5.78. The lowest BCUT2D eigenvalue weighted by Crippen LogP contribution is -2.15. The molecule has 0 saturated carbocycles. The van der Waals surface area contributed by atoms with Gasteiger partial charge in [0.05, 0.1) is 0 Å². The van der Waals surface area contributed by atoms with Crippen LogP contribution in [-0.4, -0.2) is 35.5 Å². The molecular formula is C32H40N9P3. The first-order chi connectivity index (χ1) is 21.2. The van der Waals surface area contributed by atoms with Gasteiger partial charge in [-0.25, -0.2) is 9.34 Å². The standard InChI is InChI=1S/C32H40N9P3/c1-25-5-13-29(14-6-25)33-42(34-30-15-7-26(2)8-16-30)37-43(40-21-22-40,35-31-17-9-27(3)10-18-31)39-44(38-42,41-23-24-41)36-32-19-11-28(4)12-20-32/h5-20,33-36H,21-24H2,1-4H3/t43-,44-/m1/s1. The van der Waals surface area contributed by atoms with E-state index in [0.717, 1.165) is 48.9 Å². The average molecular weight is 644 g/mol. The molecule has 4 aromatic carbocycles. The summed E-state index contributed by atoms with van der Waals surface area (Å²) in [5.74, 6) is 0. The highest BCUT2D eigenvalue weighted by molar-refractivity contribution is 7.87. The molecule has 3 aliphatic rings. The van der Waals surface area contributed by atoms with Crippen molar-refractivity contribution in [3.63, 3.8) is 0 Å². The summed E-state index contributed by atoms with van der Waals surface area (Å²) in [5, 5.41) is 15.6. The van der Waals surface area contributed by atoms with Crippen molar-refractivity contribution in [3.05, 3.63) is 119 Å². The third kappa shape index (κ3) is 6.40. The van der Waals surface area contributed by atoms with Gasteiger partial charge in [0.2, 0.25) is 15.0 Å². The molecule has 3 aliphatic heterocycles. The number of nitrogens with one attached hydrogen (secondary N) is 4. The molecule has 0 radical (unpaired) electrons. The highest BCUT2D eigenvalue weighted by Crippen LogP contribution is 2.80. The van der Waals surface area contributed by atoms with E-state index in [4.69, 9.17) is 13.5 Å². The molecule has 2 fully saturated rings. The fourth-order valence-corrected chi connectivity index (χ4v) is 17.6. The predicted molar refractivity (Wildman–Crippen MR) is 190 cm³/mol. The summed E-state index contributed by atoms with van der Waals surface area (Å²) in [6.45, 7) is 12.2. The van der Waals surface area contributed by atoms with Crippen molar-refractivity contribution in [1.82, 2.24) is 9.34 Å². The number of hydrogen-bond donors (Lipinski definition) is 4. The van der Waals surface area contributed by atoms with E-state index in [-0.39, 0.29) is 0 Å². The molecular weight excluding hydrogens is 603 g/mol. The van der Waals surface area contributed by atoms with Gasteiger partial charge in [0.25, 0.3) is 7.51 Å². The van der Waals surface area contributed by atoms with E-state index < -0.39 is 22.5 Å². The van der Waals surface area contributed by atoms with Crippen LogP contribution in [0.3, 0.4) is 0 Å². The van der Waals surface area contributed by atoms with Gasteiger partial charge in [0.15, 0.2) is 0 Å². The topological polar surface area (TPSA) is 91.2 Å². The third-order valence-corrected chi connectivity index (χ3v) is 18.4. The molecule has 0 unspecified atom stereocenters. The maximum Gasteiger partial charge on any atom is 0.267 e. The summed E-state index contributed by atoms with van der Waals surface area (Å²) in [4.78, 5) is 0. The number of rotatable bonds is 10. The van der Waals surface area contributed by atoms with Gasteiger partial charge in [-0.05, 0) is 76.2 Å². The normalized spacial score (nSPS) is 23.8. The van der Waals surface area contributed by atoms with E-state index in [9.17, 15) is 0 Å². The van der Waals surface area contributed by atoms with E-state index in [0.29, 0.717) is 0 Å². The van der Waals surface area contributed by atoms with Gasteiger partial charge in [-0.3, -0.25) is 0 Å². The van der Waals surface area contributed by atoms with Crippen molar-refractivity contribution < 1.29 is 0 Å². The molecule has 9 nitrogen and oxygen atoms in total. The molecule has 0 spiro atoms. The van der Waals surface area contributed by atoms with E-state index >= 15 is 0 Å². The van der Waals surface area contributed by atoms with Gasteiger partial charge in [-0.2, -0.15) is 13.5 Å². The first-order valence-electron chi connectivity index (χ1n) is 15.0. The lowest BCUT2D eigenvalue weighted by atomic mass is 10.2. The molecule has 0 bridgehead atoms. The molecule has 0 aliphatic carbocycles. The fourth-order valence-electron chi connectivity index (χ4n) is 5.03. The van der Waals surface area contributed by atoms with Crippen LogP contribution in [0.15, 0.2) is 111 Å². The smallest absolute Gasteiger partial charge is 0.267 e. The van der Waals surface area contributed by atoms with Crippen LogP contribution in [0.5, 0.6) is 0 Å². The SMILES string of the molecule is Cc1ccc(NP2(Nc3ccc(C)cc3)=N[P@@](Nc3ccc(C)cc3)(N3CC3)=N[P@](Nc3ccc(C)cc3)(N3CC3)=N2)cc1. The highest BCUT2D eigenvalue weighted by Gasteiger charge is 2.49. The third-order valence-electron chi connectivity index (χ3n) is 7.73. The van der Waals surface area contributed by atoms with Crippen LogP contribution in [0.2, 0.25) is 0 Å². The van der Waals surface area contributed by atoms with Crippen LogP contribution in [0.4, 0.5) is 22.7 Å². The maximum absolute atomic E-state index is 5.78. The van der Waals surface area contributed by atoms with Crippen LogP contribution < -0.4 is 20.3 Å². The Hall–Kier alpha value is -3.31. The molecule has 4 N–H and O–H groups in total. The Morgan fingerprint density at radius 1 is 0.409 bits per heavy atom. The lowest BCUT2D eigenvalue weighted by molar-refractivity contribution is 0.887. The molecule has 0 aromatic heterocycles. The Kier molecular flexibility index (Phi) is 7.73. The first kappa shape index (κ1) is 29.4. The summed E-state index contributed by atoms with van der Waals surface area (Å²) in [7, 11) is -8.23. The van der Waals surface area contributed by atoms with Crippen molar-refractivity contribution in [2.24, 2.45) is 13.5 Å². The van der Waals surface area contributed by atoms with Crippen LogP contribution >= 0.6 is 22.5 Å². The van der Waals surface area contributed by atoms with Gasteiger partial charge in [0.1, 0.15) is 0 Å². The molecule has 2 saturated heterocycles. The summed E-state index contributed by atoms with van der Waals surface area (Å²) >= 11 is 0. The second kappa shape index (κ2) is 11.6. The number of nitrogens with zero attached hydrogens (tertiary/aromatic N) is 5. The minimum Gasteiger partial charge on any atom is -0.323 e. The number of aryl methyl sites for hydroxylation is 4. The predicted octanol–water partition coefficient (Wildman–Crippen LogP) is 10.2. The number of anilines is 4. The van der Waals surface area contributed by atoms with Crippen LogP contribution in [-0.2, 0) is 0 Å². The number of benzene rings is 4. The Morgan fingerprint density at radius 3 is 1.02 bits per heavy atom. The second-order valence-electron chi connectivity index (χ2n) is 11.8. The second-order valence-corrected chi connectivity index (χ2v) is 19.5. The first-order valence-corrected chi connectivity index (χ1v) is 20.0. The summed E-state index contributed by atoms with van der Waals surface area (Å²) < 4.78 is 22.1. The van der Waals surface area contributed by atoms with Crippen molar-refractivity contribution in [2.45, 2.75) is 27.7 Å². The molecule has 7 rings (SSSR count). The Morgan fingerprint density at radius 2 is 0.705 bits per heavy atom. The minimum atomic E-state index is -2.88. The highest BCUT2D eigenvalue weighted by atomic mass is 31.3. The monoisotopic (exact) mass is 643 g/mol. The summed E-state index contributed by atoms with van der Waals surface area (Å²) in [6, 6.07) is 34.2. The van der Waals surface area contributed by atoms with E-state index in [1.54, 1.807) is 0 Å².